The SMILES string of the molecule is CN[C@@H](Cc1ccccc1)C(=O)O[C@@H](C(=O)N(C)[C@@H](Cc1ccc(OCc2ccccc2)cc1)C(=O)O[C@@H](C(=O)OCC[Si](C)(C)C)C(C)C)C(C)C. The zero-order chi connectivity index (χ0) is 39.1. The molecule has 11 heteroatoms. The quantitative estimate of drug-likeness (QED) is 0.0787. The first-order valence-corrected chi connectivity index (χ1v) is 22.1. The average molecular weight is 747 g/mol. The van der Waals surface area contributed by atoms with E-state index < -0.39 is 62.1 Å². The molecule has 0 bridgehead atoms. The van der Waals surface area contributed by atoms with E-state index in [-0.39, 0.29) is 18.9 Å². The summed E-state index contributed by atoms with van der Waals surface area (Å²) < 4.78 is 23.3. The standard InChI is InChI=1S/C42H58N2O8Si/c1-29(2)37(51-40(46)35(43-5)26-31-16-12-10-13-17-31)39(45)44(6)36(41(47)52-38(30(3)4)42(48)49-24-25-53(7,8)9)27-32-20-22-34(23-21-32)50-28-33-18-14-11-15-19-33/h10-23,29-30,35-38,43H,24-28H2,1-9H3/t35-,36-,37+,38+/m0/s1. The second-order valence-corrected chi connectivity index (χ2v) is 20.9. The predicted molar refractivity (Wildman–Crippen MR) is 209 cm³/mol. The Morgan fingerprint density at radius 3 is 1.74 bits per heavy atom. The Labute approximate surface area is 316 Å². The summed E-state index contributed by atoms with van der Waals surface area (Å²) in [5.74, 6) is -2.68. The molecular formula is C42H58N2O8Si. The van der Waals surface area contributed by atoms with Crippen LogP contribution in [0.1, 0.15) is 44.4 Å². The first kappa shape index (κ1) is 42.9. The van der Waals surface area contributed by atoms with E-state index >= 15 is 0 Å². The largest absolute Gasteiger partial charge is 0.489 e. The average Bonchev–Trinajstić information content (AvgIpc) is 3.12. The molecule has 0 aliphatic rings. The van der Waals surface area contributed by atoms with Crippen molar-refractivity contribution in [1.82, 2.24) is 10.2 Å². The molecule has 1 amide bonds. The molecule has 0 spiro atoms. The first-order chi connectivity index (χ1) is 25.1. The summed E-state index contributed by atoms with van der Waals surface area (Å²) in [6.07, 6.45) is -1.91. The Kier molecular flexibility index (Phi) is 16.7. The normalized spacial score (nSPS) is 13.8. The number of likely N-dealkylation sites (N-methyl/N-ethyl adjacent to an activating group) is 2. The van der Waals surface area contributed by atoms with Crippen molar-refractivity contribution in [3.63, 3.8) is 0 Å². The summed E-state index contributed by atoms with van der Waals surface area (Å²) in [5, 5.41) is 3.00. The zero-order valence-corrected chi connectivity index (χ0v) is 33.8. The molecular weight excluding hydrogens is 689 g/mol. The molecule has 3 rings (SSSR count). The highest BCUT2D eigenvalue weighted by molar-refractivity contribution is 6.76. The summed E-state index contributed by atoms with van der Waals surface area (Å²) in [6.45, 7) is 14.3. The van der Waals surface area contributed by atoms with Gasteiger partial charge in [0.25, 0.3) is 5.91 Å². The lowest BCUT2D eigenvalue weighted by molar-refractivity contribution is -0.177. The maximum atomic E-state index is 14.2. The van der Waals surface area contributed by atoms with E-state index in [2.05, 4.69) is 25.0 Å². The van der Waals surface area contributed by atoms with E-state index in [0.29, 0.717) is 18.8 Å². The molecule has 10 nitrogen and oxygen atoms in total. The fourth-order valence-electron chi connectivity index (χ4n) is 5.45. The predicted octanol–water partition coefficient (Wildman–Crippen LogP) is 6.48. The number of nitrogens with one attached hydrogen (secondary N) is 1. The van der Waals surface area contributed by atoms with Crippen LogP contribution in [-0.4, -0.2) is 81.8 Å². The fraction of sp³-hybridized carbons (Fsp3) is 0.476. The first-order valence-electron chi connectivity index (χ1n) is 18.4. The summed E-state index contributed by atoms with van der Waals surface area (Å²) in [5.41, 5.74) is 2.69. The van der Waals surface area contributed by atoms with Gasteiger partial charge in [-0.3, -0.25) is 9.59 Å². The van der Waals surface area contributed by atoms with Gasteiger partial charge in [-0.15, -0.1) is 0 Å². The van der Waals surface area contributed by atoms with E-state index in [1.807, 2.05) is 72.8 Å². The van der Waals surface area contributed by atoms with Crippen molar-refractivity contribution in [2.24, 2.45) is 11.8 Å². The molecule has 0 unspecified atom stereocenters. The van der Waals surface area contributed by atoms with Gasteiger partial charge >= 0.3 is 17.9 Å². The number of nitrogens with zero attached hydrogens (tertiary/aromatic N) is 1. The Morgan fingerprint density at radius 1 is 0.679 bits per heavy atom. The van der Waals surface area contributed by atoms with Crippen LogP contribution in [0.15, 0.2) is 84.9 Å². The maximum absolute atomic E-state index is 14.2. The molecule has 0 fully saturated rings. The molecule has 288 valence electrons. The highest BCUT2D eigenvalue weighted by atomic mass is 28.3. The lowest BCUT2D eigenvalue weighted by Gasteiger charge is -2.33. The van der Waals surface area contributed by atoms with Gasteiger partial charge in [-0.25, -0.2) is 9.59 Å². The van der Waals surface area contributed by atoms with Crippen LogP contribution in [0.5, 0.6) is 5.75 Å². The molecule has 3 aromatic carbocycles. The van der Waals surface area contributed by atoms with E-state index in [0.717, 1.165) is 22.7 Å². The van der Waals surface area contributed by atoms with Gasteiger partial charge in [0, 0.05) is 27.5 Å². The van der Waals surface area contributed by atoms with Crippen LogP contribution in [0, 0.1) is 11.8 Å². The van der Waals surface area contributed by atoms with Crippen molar-refractivity contribution in [2.75, 3.05) is 20.7 Å². The van der Waals surface area contributed by atoms with Crippen molar-refractivity contribution in [2.45, 2.75) is 97.1 Å². The number of rotatable bonds is 20. The van der Waals surface area contributed by atoms with Crippen molar-refractivity contribution in [3.8, 4) is 5.75 Å². The summed E-state index contributed by atoms with van der Waals surface area (Å²) in [6, 6.07) is 25.5. The summed E-state index contributed by atoms with van der Waals surface area (Å²) >= 11 is 0. The molecule has 53 heavy (non-hydrogen) atoms. The molecule has 3 aromatic rings. The number of benzene rings is 3. The van der Waals surface area contributed by atoms with Gasteiger partial charge < -0.3 is 29.2 Å². The fourth-order valence-corrected chi connectivity index (χ4v) is 6.16. The van der Waals surface area contributed by atoms with E-state index in [1.165, 1.54) is 11.9 Å². The number of amides is 1. The van der Waals surface area contributed by atoms with Crippen LogP contribution < -0.4 is 10.1 Å². The molecule has 0 heterocycles. The smallest absolute Gasteiger partial charge is 0.347 e. The van der Waals surface area contributed by atoms with Crippen molar-refractivity contribution in [1.29, 1.82) is 0 Å². The van der Waals surface area contributed by atoms with E-state index in [1.54, 1.807) is 46.9 Å². The van der Waals surface area contributed by atoms with E-state index in [9.17, 15) is 19.2 Å². The molecule has 0 saturated heterocycles. The van der Waals surface area contributed by atoms with Gasteiger partial charge in [-0.2, -0.15) is 0 Å². The Hall–Kier alpha value is -4.48. The van der Waals surface area contributed by atoms with Crippen molar-refractivity contribution >= 4 is 31.9 Å². The topological polar surface area (TPSA) is 120 Å². The highest BCUT2D eigenvalue weighted by Crippen LogP contribution is 2.22. The van der Waals surface area contributed by atoms with Crippen LogP contribution in [0.2, 0.25) is 25.7 Å². The second-order valence-electron chi connectivity index (χ2n) is 15.3. The van der Waals surface area contributed by atoms with Crippen LogP contribution in [0.4, 0.5) is 0 Å². The van der Waals surface area contributed by atoms with Gasteiger partial charge in [-0.05, 0) is 54.3 Å². The lowest BCUT2D eigenvalue weighted by Crippen LogP contribution is -2.53. The summed E-state index contributed by atoms with van der Waals surface area (Å²) in [4.78, 5) is 56.2. The van der Waals surface area contributed by atoms with Gasteiger partial charge in [0.2, 0.25) is 6.10 Å². The molecule has 1 N–H and O–H groups in total. The molecule has 0 aromatic heterocycles. The Bertz CT molecular complexity index is 1590. The van der Waals surface area contributed by atoms with Crippen LogP contribution in [0.3, 0.4) is 0 Å². The number of esters is 3. The minimum absolute atomic E-state index is 0.0709. The van der Waals surface area contributed by atoms with Crippen molar-refractivity contribution < 1.29 is 38.1 Å². The van der Waals surface area contributed by atoms with Gasteiger partial charge in [0.05, 0.1) is 6.61 Å². The number of ether oxygens (including phenoxy) is 4. The van der Waals surface area contributed by atoms with Gasteiger partial charge in [0.1, 0.15) is 24.4 Å². The zero-order valence-electron chi connectivity index (χ0n) is 32.8. The number of carbonyl (C=O) groups excluding carboxylic acids is 4. The maximum Gasteiger partial charge on any atom is 0.347 e. The second kappa shape index (κ2) is 20.7. The molecule has 0 radical (unpaired) electrons. The molecule has 4 atom stereocenters. The third-order valence-electron chi connectivity index (χ3n) is 8.87. The monoisotopic (exact) mass is 746 g/mol. The Balaban J connectivity index is 1.85. The van der Waals surface area contributed by atoms with Crippen molar-refractivity contribution in [3.05, 3.63) is 102 Å². The minimum atomic E-state index is -1.47. The van der Waals surface area contributed by atoms with Crippen LogP contribution in [0.25, 0.3) is 0 Å². The highest BCUT2D eigenvalue weighted by Gasteiger charge is 2.39. The third-order valence-corrected chi connectivity index (χ3v) is 10.6. The number of hydrogen-bond acceptors (Lipinski definition) is 9. The third kappa shape index (κ3) is 14.1. The van der Waals surface area contributed by atoms with Crippen LogP contribution >= 0.6 is 0 Å². The molecule has 0 aliphatic carbocycles. The van der Waals surface area contributed by atoms with Gasteiger partial charge in [0.15, 0.2) is 6.10 Å². The van der Waals surface area contributed by atoms with Crippen LogP contribution in [-0.2, 0) is 52.8 Å². The van der Waals surface area contributed by atoms with Gasteiger partial charge in [-0.1, -0.05) is 120 Å². The minimum Gasteiger partial charge on any atom is -0.489 e. The number of hydrogen-bond donors (Lipinski definition) is 1. The summed E-state index contributed by atoms with van der Waals surface area (Å²) in [7, 11) is 1.68. The lowest BCUT2D eigenvalue weighted by atomic mass is 10.0. The molecule has 0 saturated carbocycles. The molecule has 0 aliphatic heterocycles. The number of carbonyl (C=O) groups is 4. The Morgan fingerprint density at radius 2 is 1.21 bits per heavy atom. The van der Waals surface area contributed by atoms with E-state index in [4.69, 9.17) is 18.9 Å².